The molecular weight excluding hydrogens is 289 g/mol. The van der Waals surface area contributed by atoms with Crippen molar-refractivity contribution >= 4 is 16.0 Å². The largest absolute Gasteiger partial charge is 0.494 e. The summed E-state index contributed by atoms with van der Waals surface area (Å²) in [6.45, 7) is 0. The zero-order valence-electron chi connectivity index (χ0n) is 10.5. The van der Waals surface area contributed by atoms with E-state index in [0.717, 1.165) is 18.2 Å². The minimum absolute atomic E-state index is 0.123. The predicted octanol–water partition coefficient (Wildman–Crippen LogP) is 0.589. The van der Waals surface area contributed by atoms with Crippen molar-refractivity contribution in [3.05, 3.63) is 24.0 Å². The van der Waals surface area contributed by atoms with Crippen molar-refractivity contribution < 1.29 is 27.4 Å². The summed E-state index contributed by atoms with van der Waals surface area (Å²) in [5.74, 6) is -0.364. The molecule has 0 fully saturated rings. The molecule has 1 aromatic rings. The van der Waals surface area contributed by atoms with Crippen LogP contribution in [0.1, 0.15) is 6.42 Å². The van der Waals surface area contributed by atoms with E-state index >= 15 is 0 Å². The summed E-state index contributed by atoms with van der Waals surface area (Å²) in [5.41, 5.74) is 0. The third-order valence-corrected chi connectivity index (χ3v) is 3.82. The molecule has 1 aromatic carbocycles. The summed E-state index contributed by atoms with van der Waals surface area (Å²) in [5, 5.41) is 8.83. The van der Waals surface area contributed by atoms with Crippen LogP contribution in [-0.4, -0.2) is 32.6 Å². The SMILES string of the molecule is C#CCC(NS(=O)(=O)c1ccc(OC)c(F)c1)C(=O)O. The number of benzene rings is 1. The van der Waals surface area contributed by atoms with Crippen molar-refractivity contribution in [2.75, 3.05) is 7.11 Å². The Hall–Kier alpha value is -2.11. The van der Waals surface area contributed by atoms with Gasteiger partial charge in [-0.3, -0.25) is 4.79 Å². The molecule has 0 aromatic heterocycles. The van der Waals surface area contributed by atoms with Gasteiger partial charge in [0.2, 0.25) is 10.0 Å². The maximum absolute atomic E-state index is 13.5. The number of carboxylic acid groups (broad SMARTS) is 1. The van der Waals surface area contributed by atoms with Gasteiger partial charge in [0.1, 0.15) is 6.04 Å². The Bertz CT molecular complexity index is 650. The molecule has 1 unspecified atom stereocenters. The van der Waals surface area contributed by atoms with Crippen LogP contribution in [0.15, 0.2) is 23.1 Å². The second kappa shape index (κ2) is 6.36. The van der Waals surface area contributed by atoms with Gasteiger partial charge < -0.3 is 9.84 Å². The van der Waals surface area contributed by atoms with Crippen LogP contribution in [0, 0.1) is 18.2 Å². The lowest BCUT2D eigenvalue weighted by atomic mass is 10.2. The van der Waals surface area contributed by atoms with Crippen LogP contribution >= 0.6 is 0 Å². The Morgan fingerprint density at radius 2 is 2.25 bits per heavy atom. The Kier molecular flexibility index (Phi) is 5.07. The number of methoxy groups -OCH3 is 1. The Labute approximate surface area is 115 Å². The highest BCUT2D eigenvalue weighted by Crippen LogP contribution is 2.20. The summed E-state index contributed by atoms with van der Waals surface area (Å²) in [7, 11) is -2.96. The molecule has 108 valence electrons. The van der Waals surface area contributed by atoms with Crippen LogP contribution < -0.4 is 9.46 Å². The first-order valence-corrected chi connectivity index (χ1v) is 6.82. The first-order valence-electron chi connectivity index (χ1n) is 5.34. The molecule has 0 amide bonds. The summed E-state index contributed by atoms with van der Waals surface area (Å²) in [4.78, 5) is 10.4. The average Bonchev–Trinajstić information content (AvgIpc) is 2.37. The minimum Gasteiger partial charge on any atom is -0.494 e. The molecule has 0 heterocycles. The van der Waals surface area contributed by atoms with Crippen LogP contribution in [0.4, 0.5) is 4.39 Å². The fraction of sp³-hybridized carbons (Fsp3) is 0.250. The van der Waals surface area contributed by atoms with Gasteiger partial charge in [-0.25, -0.2) is 12.8 Å². The fourth-order valence-electron chi connectivity index (χ4n) is 1.37. The van der Waals surface area contributed by atoms with Crippen LogP contribution in [0.3, 0.4) is 0 Å². The van der Waals surface area contributed by atoms with Crippen molar-refractivity contribution in [3.8, 4) is 18.1 Å². The van der Waals surface area contributed by atoms with Crippen LogP contribution in [0.25, 0.3) is 0 Å². The number of hydrogen-bond donors (Lipinski definition) is 2. The normalized spacial score (nSPS) is 12.4. The first-order chi connectivity index (χ1) is 9.31. The average molecular weight is 301 g/mol. The Morgan fingerprint density at radius 1 is 1.60 bits per heavy atom. The molecule has 1 rings (SSSR count). The van der Waals surface area contributed by atoms with Gasteiger partial charge in [-0.2, -0.15) is 4.72 Å². The number of aliphatic carboxylic acids is 1. The van der Waals surface area contributed by atoms with E-state index in [1.807, 2.05) is 4.72 Å². The lowest BCUT2D eigenvalue weighted by molar-refractivity contribution is -0.138. The summed E-state index contributed by atoms with van der Waals surface area (Å²) < 4.78 is 43.9. The number of hydrogen-bond acceptors (Lipinski definition) is 4. The van der Waals surface area contributed by atoms with E-state index < -0.39 is 32.7 Å². The predicted molar refractivity (Wildman–Crippen MR) is 68.1 cm³/mol. The zero-order chi connectivity index (χ0) is 15.3. The zero-order valence-corrected chi connectivity index (χ0v) is 11.3. The number of carbonyl (C=O) groups is 1. The number of rotatable bonds is 6. The van der Waals surface area contributed by atoms with Crippen molar-refractivity contribution in [2.24, 2.45) is 0 Å². The molecule has 0 aliphatic carbocycles. The third kappa shape index (κ3) is 3.69. The maximum atomic E-state index is 13.5. The molecule has 0 bridgehead atoms. The van der Waals surface area contributed by atoms with Gasteiger partial charge in [0.15, 0.2) is 11.6 Å². The lowest BCUT2D eigenvalue weighted by Gasteiger charge is -2.13. The van der Waals surface area contributed by atoms with E-state index in [1.165, 1.54) is 7.11 Å². The second-order valence-electron chi connectivity index (χ2n) is 3.72. The molecule has 8 heteroatoms. The molecule has 1 atom stereocenters. The molecule has 0 saturated heterocycles. The lowest BCUT2D eigenvalue weighted by Crippen LogP contribution is -2.40. The minimum atomic E-state index is -4.20. The number of halogens is 1. The van der Waals surface area contributed by atoms with Gasteiger partial charge >= 0.3 is 5.97 Å². The smallest absolute Gasteiger partial charge is 0.322 e. The van der Waals surface area contributed by atoms with Crippen molar-refractivity contribution in [3.63, 3.8) is 0 Å². The maximum Gasteiger partial charge on any atom is 0.322 e. The van der Waals surface area contributed by atoms with E-state index in [0.29, 0.717) is 0 Å². The summed E-state index contributed by atoms with van der Waals surface area (Å²) in [6.07, 6.45) is 4.64. The standard InChI is InChI=1S/C12H12FNO5S/c1-3-4-10(12(15)16)14-20(17,18)8-5-6-11(19-2)9(13)7-8/h1,5-7,10,14H,4H2,2H3,(H,15,16). The highest BCUT2D eigenvalue weighted by molar-refractivity contribution is 7.89. The Morgan fingerprint density at radius 3 is 2.70 bits per heavy atom. The Balaban J connectivity index is 3.08. The quantitative estimate of drug-likeness (QED) is 0.750. The van der Waals surface area contributed by atoms with E-state index in [2.05, 4.69) is 10.7 Å². The number of nitrogens with one attached hydrogen (secondary N) is 1. The van der Waals surface area contributed by atoms with Gasteiger partial charge in [-0.05, 0) is 18.2 Å². The van der Waals surface area contributed by atoms with Crippen molar-refractivity contribution in [1.82, 2.24) is 4.72 Å². The van der Waals surface area contributed by atoms with Gasteiger partial charge in [0.05, 0.1) is 12.0 Å². The number of sulfonamides is 1. The molecule has 0 aliphatic heterocycles. The highest BCUT2D eigenvalue weighted by Gasteiger charge is 2.25. The summed E-state index contributed by atoms with van der Waals surface area (Å²) in [6, 6.07) is 1.48. The van der Waals surface area contributed by atoms with Crippen molar-refractivity contribution in [1.29, 1.82) is 0 Å². The van der Waals surface area contributed by atoms with Gasteiger partial charge in [0, 0.05) is 6.42 Å². The van der Waals surface area contributed by atoms with E-state index in [-0.39, 0.29) is 12.2 Å². The number of carboxylic acids is 1. The van der Waals surface area contributed by atoms with Gasteiger partial charge in [0.25, 0.3) is 0 Å². The van der Waals surface area contributed by atoms with Gasteiger partial charge in [-0.15, -0.1) is 12.3 Å². The van der Waals surface area contributed by atoms with E-state index in [1.54, 1.807) is 0 Å². The molecule has 0 saturated carbocycles. The van der Waals surface area contributed by atoms with Gasteiger partial charge in [-0.1, -0.05) is 0 Å². The molecule has 2 N–H and O–H groups in total. The fourth-order valence-corrected chi connectivity index (χ4v) is 2.57. The second-order valence-corrected chi connectivity index (χ2v) is 5.43. The molecular formula is C12H12FNO5S. The topological polar surface area (TPSA) is 92.7 Å². The van der Waals surface area contributed by atoms with Crippen molar-refractivity contribution in [2.45, 2.75) is 17.4 Å². The molecule has 20 heavy (non-hydrogen) atoms. The van der Waals surface area contributed by atoms with Crippen LogP contribution in [0.2, 0.25) is 0 Å². The molecule has 0 radical (unpaired) electrons. The summed E-state index contributed by atoms with van der Waals surface area (Å²) >= 11 is 0. The molecule has 0 spiro atoms. The van der Waals surface area contributed by atoms with E-state index in [4.69, 9.17) is 11.5 Å². The molecule has 0 aliphatic rings. The van der Waals surface area contributed by atoms with Crippen LogP contribution in [-0.2, 0) is 14.8 Å². The van der Waals surface area contributed by atoms with Crippen LogP contribution in [0.5, 0.6) is 5.75 Å². The third-order valence-electron chi connectivity index (χ3n) is 2.35. The monoisotopic (exact) mass is 301 g/mol. The molecule has 6 nitrogen and oxygen atoms in total. The first kappa shape index (κ1) is 15.9. The van der Waals surface area contributed by atoms with E-state index in [9.17, 15) is 17.6 Å². The highest BCUT2D eigenvalue weighted by atomic mass is 32.2. The number of ether oxygens (including phenoxy) is 1. The number of terminal acetylenes is 1.